The molecule has 4 nitrogen and oxygen atoms in total. The average molecular weight is 591 g/mol. The van der Waals surface area contributed by atoms with Gasteiger partial charge in [0, 0.05) is 21.9 Å². The minimum atomic E-state index is 0.823. The van der Waals surface area contributed by atoms with Gasteiger partial charge >= 0.3 is 0 Å². The number of hydrogen-bond donors (Lipinski definition) is 0. The molecule has 0 saturated heterocycles. The van der Waals surface area contributed by atoms with Crippen LogP contribution in [0.1, 0.15) is 22.5 Å². The molecule has 0 aliphatic heterocycles. The molecule has 0 atom stereocenters. The van der Waals surface area contributed by atoms with Crippen LogP contribution in [0.25, 0.3) is 54.5 Å². The van der Waals surface area contributed by atoms with E-state index < -0.39 is 0 Å². The highest BCUT2D eigenvalue weighted by atomic mass is 14.8. The molecular formula is C42H30N4. The lowest BCUT2D eigenvalue weighted by Crippen LogP contribution is -1.93. The number of fused-ring (bicyclic) bond motifs is 4. The summed E-state index contributed by atoms with van der Waals surface area (Å²) in [5, 5.41) is 6.83. The molecule has 8 aromatic rings. The highest BCUT2D eigenvalue weighted by molar-refractivity contribution is 6.13. The summed E-state index contributed by atoms with van der Waals surface area (Å²) >= 11 is 0. The lowest BCUT2D eigenvalue weighted by Gasteiger charge is -2.16. The van der Waals surface area contributed by atoms with Gasteiger partial charge in [-0.2, -0.15) is 0 Å². The van der Waals surface area contributed by atoms with E-state index in [2.05, 4.69) is 111 Å². The number of rotatable bonds is 5. The van der Waals surface area contributed by atoms with E-state index in [4.69, 9.17) is 20.0 Å². The van der Waals surface area contributed by atoms with E-state index in [1.54, 1.807) is 0 Å². The Labute approximate surface area is 267 Å². The summed E-state index contributed by atoms with van der Waals surface area (Å²) in [6.07, 6.45) is 3.76. The van der Waals surface area contributed by atoms with E-state index in [0.717, 1.165) is 77.2 Å². The van der Waals surface area contributed by atoms with Crippen molar-refractivity contribution in [3.63, 3.8) is 0 Å². The molecule has 8 rings (SSSR count). The van der Waals surface area contributed by atoms with Crippen molar-refractivity contribution >= 4 is 67.2 Å². The standard InChI is InChI=1S/C42H30N4/c1-27-23-31(45-37-17-9-7-13-33(27)37)25-43-39-21-19-29-11-3-5-15-35(29)41(39)42-36-16-6-4-12-30(36)20-22-40(42)44-26-32-24-28(2)34-14-8-10-18-38(34)46-32/h3-26H,1-2H3. The number of pyridine rings is 2. The van der Waals surface area contributed by atoms with Crippen molar-refractivity contribution in [1.82, 2.24) is 9.97 Å². The summed E-state index contributed by atoms with van der Waals surface area (Å²) in [5.41, 5.74) is 9.72. The lowest BCUT2D eigenvalue weighted by molar-refractivity contribution is 1.33. The molecule has 2 aromatic heterocycles. The van der Waals surface area contributed by atoms with Crippen molar-refractivity contribution in [2.24, 2.45) is 9.98 Å². The molecule has 2 heterocycles. The van der Waals surface area contributed by atoms with Gasteiger partial charge in [0.15, 0.2) is 0 Å². The quantitative estimate of drug-likeness (QED) is 0.187. The summed E-state index contributed by atoms with van der Waals surface area (Å²) in [4.78, 5) is 20.0. The maximum atomic E-state index is 5.11. The van der Waals surface area contributed by atoms with Crippen LogP contribution >= 0.6 is 0 Å². The predicted molar refractivity (Wildman–Crippen MR) is 194 cm³/mol. The Morgan fingerprint density at radius 2 is 0.826 bits per heavy atom. The zero-order chi connectivity index (χ0) is 31.0. The van der Waals surface area contributed by atoms with Crippen LogP contribution in [0, 0.1) is 13.8 Å². The monoisotopic (exact) mass is 590 g/mol. The fourth-order valence-electron chi connectivity index (χ4n) is 6.42. The Hall–Kier alpha value is -6.00. The molecule has 0 fully saturated rings. The molecule has 0 aliphatic rings. The Morgan fingerprint density at radius 3 is 1.28 bits per heavy atom. The van der Waals surface area contributed by atoms with Crippen molar-refractivity contribution < 1.29 is 0 Å². The van der Waals surface area contributed by atoms with Crippen LogP contribution in [0.2, 0.25) is 0 Å². The van der Waals surface area contributed by atoms with E-state index in [0.29, 0.717) is 0 Å². The van der Waals surface area contributed by atoms with Gasteiger partial charge in [0.2, 0.25) is 0 Å². The van der Waals surface area contributed by atoms with Crippen molar-refractivity contribution in [1.29, 1.82) is 0 Å². The van der Waals surface area contributed by atoms with Crippen LogP contribution in [0.3, 0.4) is 0 Å². The summed E-state index contributed by atoms with van der Waals surface area (Å²) in [6, 6.07) is 46.1. The van der Waals surface area contributed by atoms with Gasteiger partial charge < -0.3 is 0 Å². The second kappa shape index (κ2) is 11.5. The van der Waals surface area contributed by atoms with Gasteiger partial charge in [0.1, 0.15) is 0 Å². The van der Waals surface area contributed by atoms with E-state index in [1.165, 1.54) is 11.1 Å². The van der Waals surface area contributed by atoms with Gasteiger partial charge in [0.25, 0.3) is 0 Å². The maximum absolute atomic E-state index is 5.11. The Morgan fingerprint density at radius 1 is 0.435 bits per heavy atom. The SMILES string of the molecule is Cc1cc(C=Nc2ccc3ccccc3c2-c2c(N=Cc3cc(C)c4ccccc4n3)ccc3ccccc23)nc2ccccc12. The highest BCUT2D eigenvalue weighted by Crippen LogP contribution is 2.45. The Balaban J connectivity index is 1.33. The second-order valence-corrected chi connectivity index (χ2v) is 11.6. The van der Waals surface area contributed by atoms with E-state index in [9.17, 15) is 0 Å². The fraction of sp³-hybridized carbons (Fsp3) is 0.0476. The zero-order valence-electron chi connectivity index (χ0n) is 25.6. The number of aromatic nitrogens is 2. The molecule has 218 valence electrons. The molecule has 0 radical (unpaired) electrons. The molecule has 0 bridgehead atoms. The van der Waals surface area contributed by atoms with Crippen LogP contribution in [0.5, 0.6) is 0 Å². The van der Waals surface area contributed by atoms with Gasteiger partial charge in [-0.3, -0.25) is 9.98 Å². The van der Waals surface area contributed by atoms with Crippen LogP contribution in [-0.4, -0.2) is 22.4 Å². The third-order valence-corrected chi connectivity index (χ3v) is 8.62. The summed E-state index contributed by atoms with van der Waals surface area (Å²) in [7, 11) is 0. The minimum absolute atomic E-state index is 0.823. The van der Waals surface area contributed by atoms with Crippen molar-refractivity contribution in [3.05, 3.63) is 156 Å². The Bertz CT molecular complexity index is 2330. The third kappa shape index (κ3) is 5.00. The van der Waals surface area contributed by atoms with Crippen LogP contribution in [-0.2, 0) is 0 Å². The minimum Gasteiger partial charge on any atom is -0.254 e. The van der Waals surface area contributed by atoms with Crippen molar-refractivity contribution in [2.45, 2.75) is 13.8 Å². The largest absolute Gasteiger partial charge is 0.254 e. The number of aryl methyl sites for hydroxylation is 2. The van der Waals surface area contributed by atoms with Crippen molar-refractivity contribution in [3.8, 4) is 11.1 Å². The van der Waals surface area contributed by atoms with E-state index in [-0.39, 0.29) is 0 Å². The first-order valence-electron chi connectivity index (χ1n) is 15.5. The van der Waals surface area contributed by atoms with Crippen LogP contribution in [0.4, 0.5) is 11.4 Å². The smallest absolute Gasteiger partial charge is 0.0822 e. The number of nitrogens with zero attached hydrogens (tertiary/aromatic N) is 4. The summed E-state index contributed by atoms with van der Waals surface area (Å²) in [6.45, 7) is 4.24. The number of benzene rings is 6. The fourth-order valence-corrected chi connectivity index (χ4v) is 6.42. The van der Waals surface area contributed by atoms with Crippen LogP contribution in [0.15, 0.2) is 143 Å². The second-order valence-electron chi connectivity index (χ2n) is 11.6. The predicted octanol–water partition coefficient (Wildman–Crippen LogP) is 10.9. The number of hydrogen-bond acceptors (Lipinski definition) is 4. The summed E-state index contributed by atoms with van der Waals surface area (Å²) in [5.74, 6) is 0. The number of para-hydroxylation sites is 2. The van der Waals surface area contributed by atoms with Gasteiger partial charge in [-0.05, 0) is 82.9 Å². The van der Waals surface area contributed by atoms with Gasteiger partial charge in [-0.25, -0.2) is 9.97 Å². The number of aliphatic imine (C=N–C) groups is 2. The molecule has 4 heteroatoms. The molecule has 0 unspecified atom stereocenters. The molecule has 0 N–H and O–H groups in total. The molecular weight excluding hydrogens is 560 g/mol. The maximum Gasteiger partial charge on any atom is 0.0822 e. The van der Waals surface area contributed by atoms with Gasteiger partial charge in [-0.1, -0.05) is 97.1 Å². The topological polar surface area (TPSA) is 50.5 Å². The van der Waals surface area contributed by atoms with Gasteiger partial charge in [-0.15, -0.1) is 0 Å². The first kappa shape index (κ1) is 27.5. The first-order chi connectivity index (χ1) is 22.6. The highest BCUT2D eigenvalue weighted by Gasteiger charge is 2.17. The molecule has 46 heavy (non-hydrogen) atoms. The molecule has 0 saturated carbocycles. The average Bonchev–Trinajstić information content (AvgIpc) is 3.09. The normalized spacial score (nSPS) is 12.0. The van der Waals surface area contributed by atoms with Gasteiger partial charge in [0.05, 0.1) is 46.2 Å². The summed E-state index contributed by atoms with van der Waals surface area (Å²) < 4.78 is 0. The Kier molecular flexibility index (Phi) is 6.88. The van der Waals surface area contributed by atoms with Crippen molar-refractivity contribution in [2.75, 3.05) is 0 Å². The third-order valence-electron chi connectivity index (χ3n) is 8.62. The van der Waals surface area contributed by atoms with E-state index >= 15 is 0 Å². The molecule has 6 aromatic carbocycles. The molecule has 0 amide bonds. The molecule has 0 aliphatic carbocycles. The first-order valence-corrected chi connectivity index (χ1v) is 15.5. The van der Waals surface area contributed by atoms with E-state index in [1.807, 2.05) is 48.8 Å². The lowest BCUT2D eigenvalue weighted by atomic mass is 9.91. The molecule has 0 spiro atoms. The zero-order valence-corrected chi connectivity index (χ0v) is 25.6. The van der Waals surface area contributed by atoms with Crippen LogP contribution < -0.4 is 0 Å².